The van der Waals surface area contributed by atoms with E-state index < -0.39 is 59.8 Å². The summed E-state index contributed by atoms with van der Waals surface area (Å²) in [6.45, 7) is 9.79. The third-order valence-electron chi connectivity index (χ3n) is 4.51. The van der Waals surface area contributed by atoms with Gasteiger partial charge in [-0.2, -0.15) is 0 Å². The molecule has 0 aliphatic carbocycles. The minimum Gasteiger partial charge on any atom is -0.480 e. The number of carbonyl (C=O) groups is 4. The minimum absolute atomic E-state index is 0.0358. The van der Waals surface area contributed by atoms with Crippen LogP contribution in [0.15, 0.2) is 0 Å². The Hall–Kier alpha value is -2.66. The van der Waals surface area contributed by atoms with E-state index in [0.717, 1.165) is 9.80 Å². The summed E-state index contributed by atoms with van der Waals surface area (Å²) in [5, 5.41) is 8.83. The number of alkyl halides is 2. The number of amides is 2. The van der Waals surface area contributed by atoms with Crippen LogP contribution in [0, 0.1) is 0 Å². The van der Waals surface area contributed by atoms with Gasteiger partial charge in [0.15, 0.2) is 0 Å². The second-order valence-corrected chi connectivity index (χ2v) is 9.82. The topological polar surface area (TPSA) is 123 Å². The first-order valence-corrected chi connectivity index (χ1v) is 10.5. The monoisotopic (exact) mass is 480 g/mol. The van der Waals surface area contributed by atoms with Crippen molar-refractivity contribution in [1.29, 1.82) is 0 Å². The molecule has 4 atom stereocenters. The van der Waals surface area contributed by atoms with Crippen LogP contribution in [-0.4, -0.2) is 94.9 Å². The molecule has 0 spiro atoms. The Balaban J connectivity index is 0.000000331. The molecular formula is C21H34F2N2O8. The van der Waals surface area contributed by atoms with Crippen LogP contribution in [-0.2, 0) is 23.8 Å². The maximum absolute atomic E-state index is 13.3. The van der Waals surface area contributed by atoms with E-state index >= 15 is 0 Å². The first-order chi connectivity index (χ1) is 14.9. The number of esters is 1. The quantitative estimate of drug-likeness (QED) is 0.473. The highest BCUT2D eigenvalue weighted by atomic mass is 19.1. The summed E-state index contributed by atoms with van der Waals surface area (Å²) >= 11 is 0. The molecule has 0 bridgehead atoms. The molecule has 0 radical (unpaired) electrons. The van der Waals surface area contributed by atoms with Crippen LogP contribution in [0.1, 0.15) is 54.4 Å². The standard InChI is InChI=1S/C11H18FNO4.C10H16FNO4/c1-11(2,3)17-10(15)13-6-7(12)5-8(13)9(14)16-4;1-10(2,3)16-9(15)12-5-6(11)4-7(12)8(13)14/h7-8H,5-6H2,1-4H3;6-7H,4-5H2,1-3H3,(H,13,14)/t7-,8-;6-,7-/m00/s1. The zero-order valence-electron chi connectivity index (χ0n) is 20.1. The van der Waals surface area contributed by atoms with Crippen LogP contribution >= 0.6 is 0 Å². The molecule has 0 aromatic carbocycles. The number of carboxylic acid groups (broad SMARTS) is 1. The van der Waals surface area contributed by atoms with E-state index in [2.05, 4.69) is 4.74 Å². The molecule has 2 heterocycles. The highest BCUT2D eigenvalue weighted by Gasteiger charge is 2.43. The van der Waals surface area contributed by atoms with Gasteiger partial charge >= 0.3 is 24.1 Å². The summed E-state index contributed by atoms with van der Waals surface area (Å²) in [5.74, 6) is -1.82. The molecule has 2 aliphatic heterocycles. The molecule has 0 unspecified atom stereocenters. The Labute approximate surface area is 192 Å². The number of aliphatic carboxylic acids is 1. The smallest absolute Gasteiger partial charge is 0.411 e. The summed E-state index contributed by atoms with van der Waals surface area (Å²) < 4.78 is 41.0. The second-order valence-electron chi connectivity index (χ2n) is 9.82. The van der Waals surface area contributed by atoms with Crippen molar-refractivity contribution < 1.29 is 47.3 Å². The lowest BCUT2D eigenvalue weighted by Crippen LogP contribution is -2.43. The molecule has 190 valence electrons. The highest BCUT2D eigenvalue weighted by molar-refractivity contribution is 5.82. The maximum atomic E-state index is 13.3. The van der Waals surface area contributed by atoms with Gasteiger partial charge in [-0.25, -0.2) is 28.0 Å². The molecule has 2 aliphatic rings. The van der Waals surface area contributed by atoms with E-state index in [1.54, 1.807) is 41.5 Å². The highest BCUT2D eigenvalue weighted by Crippen LogP contribution is 2.24. The number of carbonyl (C=O) groups excluding carboxylic acids is 3. The number of halogens is 2. The number of methoxy groups -OCH3 is 1. The van der Waals surface area contributed by atoms with Crippen molar-refractivity contribution in [2.75, 3.05) is 20.2 Å². The third-order valence-corrected chi connectivity index (χ3v) is 4.51. The summed E-state index contributed by atoms with van der Waals surface area (Å²) in [5.41, 5.74) is -1.39. The number of nitrogens with zero attached hydrogens (tertiary/aromatic N) is 2. The third kappa shape index (κ3) is 9.01. The summed E-state index contributed by atoms with van der Waals surface area (Å²) in [7, 11) is 1.21. The van der Waals surface area contributed by atoms with Gasteiger partial charge in [-0.05, 0) is 41.5 Å². The van der Waals surface area contributed by atoms with Gasteiger partial charge in [0.1, 0.15) is 35.6 Å². The van der Waals surface area contributed by atoms with E-state index in [4.69, 9.17) is 14.6 Å². The van der Waals surface area contributed by atoms with Crippen molar-refractivity contribution >= 4 is 24.1 Å². The van der Waals surface area contributed by atoms with Gasteiger partial charge in [-0.3, -0.25) is 9.80 Å². The second kappa shape index (κ2) is 11.0. The van der Waals surface area contributed by atoms with E-state index in [0.29, 0.717) is 0 Å². The molecule has 12 heteroatoms. The van der Waals surface area contributed by atoms with Gasteiger partial charge in [-0.15, -0.1) is 0 Å². The van der Waals surface area contributed by atoms with Crippen LogP contribution in [0.3, 0.4) is 0 Å². The minimum atomic E-state index is -1.30. The van der Waals surface area contributed by atoms with Crippen molar-refractivity contribution in [3.8, 4) is 0 Å². The van der Waals surface area contributed by atoms with Crippen LogP contribution in [0.25, 0.3) is 0 Å². The lowest BCUT2D eigenvalue weighted by Gasteiger charge is -2.27. The van der Waals surface area contributed by atoms with E-state index in [-0.39, 0.29) is 25.9 Å². The average molecular weight is 481 g/mol. The van der Waals surface area contributed by atoms with Crippen LogP contribution in [0.5, 0.6) is 0 Å². The van der Waals surface area contributed by atoms with Gasteiger partial charge in [0, 0.05) is 12.8 Å². The number of carboxylic acids is 1. The normalized spacial score (nSPS) is 25.1. The Bertz CT molecular complexity index is 735. The Kier molecular flexibility index (Phi) is 9.43. The van der Waals surface area contributed by atoms with Crippen molar-refractivity contribution in [1.82, 2.24) is 9.80 Å². The molecule has 10 nitrogen and oxygen atoms in total. The lowest BCUT2D eigenvalue weighted by molar-refractivity contribution is -0.145. The van der Waals surface area contributed by atoms with Gasteiger partial charge in [0.05, 0.1) is 20.2 Å². The van der Waals surface area contributed by atoms with E-state index in [1.165, 1.54) is 7.11 Å². The van der Waals surface area contributed by atoms with Crippen molar-refractivity contribution in [2.24, 2.45) is 0 Å². The zero-order chi connectivity index (χ0) is 25.7. The number of likely N-dealkylation sites (tertiary alicyclic amines) is 2. The van der Waals surface area contributed by atoms with E-state index in [9.17, 15) is 28.0 Å². The molecule has 33 heavy (non-hydrogen) atoms. The predicted molar refractivity (Wildman–Crippen MR) is 112 cm³/mol. The van der Waals surface area contributed by atoms with Crippen molar-refractivity contribution in [2.45, 2.75) is 90.0 Å². The number of rotatable bonds is 2. The fourth-order valence-corrected chi connectivity index (χ4v) is 3.21. The summed E-state index contributed by atoms with van der Waals surface area (Å²) in [4.78, 5) is 47.6. The first-order valence-electron chi connectivity index (χ1n) is 10.5. The average Bonchev–Trinajstić information content (AvgIpc) is 3.22. The van der Waals surface area contributed by atoms with Gasteiger partial charge in [0.25, 0.3) is 0 Å². The molecule has 2 amide bonds. The fourth-order valence-electron chi connectivity index (χ4n) is 3.21. The largest absolute Gasteiger partial charge is 0.480 e. The SMILES string of the molecule is CC(C)(C)OC(=O)N1C[C@@H](F)C[C@H]1C(=O)O.COC(=O)[C@@H]1C[C@H](F)CN1C(=O)OC(C)(C)C. The van der Waals surface area contributed by atoms with E-state index in [1.807, 2.05) is 0 Å². The summed E-state index contributed by atoms with van der Waals surface area (Å²) in [6.07, 6.45) is -4.19. The molecular weight excluding hydrogens is 446 g/mol. The molecule has 2 fully saturated rings. The Morgan fingerprint density at radius 1 is 0.788 bits per heavy atom. The fraction of sp³-hybridized carbons (Fsp3) is 0.810. The summed E-state index contributed by atoms with van der Waals surface area (Å²) in [6, 6.07) is -2.00. The van der Waals surface area contributed by atoms with Crippen molar-refractivity contribution in [3.05, 3.63) is 0 Å². The predicted octanol–water partition coefficient (Wildman–Crippen LogP) is 2.93. The van der Waals surface area contributed by atoms with Crippen molar-refractivity contribution in [3.63, 3.8) is 0 Å². The number of hydrogen-bond acceptors (Lipinski definition) is 7. The zero-order valence-corrected chi connectivity index (χ0v) is 20.1. The molecule has 1 N–H and O–H groups in total. The lowest BCUT2D eigenvalue weighted by atomic mass is 10.2. The van der Waals surface area contributed by atoms with Gasteiger partial charge in [0.2, 0.25) is 0 Å². The Morgan fingerprint density at radius 2 is 1.15 bits per heavy atom. The molecule has 2 rings (SSSR count). The Morgan fingerprint density at radius 3 is 1.48 bits per heavy atom. The first kappa shape index (κ1) is 28.4. The molecule has 0 aromatic rings. The van der Waals surface area contributed by atoms with Crippen LogP contribution in [0.2, 0.25) is 0 Å². The van der Waals surface area contributed by atoms with Crippen LogP contribution in [0.4, 0.5) is 18.4 Å². The number of hydrogen-bond donors (Lipinski definition) is 1. The molecule has 2 saturated heterocycles. The van der Waals surface area contributed by atoms with Gasteiger partial charge in [-0.1, -0.05) is 0 Å². The molecule has 0 saturated carbocycles. The van der Waals surface area contributed by atoms with Gasteiger partial charge < -0.3 is 19.3 Å². The van der Waals surface area contributed by atoms with Crippen LogP contribution < -0.4 is 0 Å². The number of ether oxygens (including phenoxy) is 3. The molecule has 0 aromatic heterocycles. The maximum Gasteiger partial charge on any atom is 0.411 e.